The summed E-state index contributed by atoms with van der Waals surface area (Å²) in [6.07, 6.45) is 6.37. The first-order valence-corrected chi connectivity index (χ1v) is 10.6. The normalized spacial score (nSPS) is 24.8. The minimum atomic E-state index is 0.219. The lowest BCUT2D eigenvalue weighted by Crippen LogP contribution is -2.24. The van der Waals surface area contributed by atoms with Gasteiger partial charge in [0.1, 0.15) is 0 Å². The van der Waals surface area contributed by atoms with Crippen molar-refractivity contribution < 1.29 is 14.2 Å². The van der Waals surface area contributed by atoms with E-state index in [4.69, 9.17) is 14.2 Å². The smallest absolute Gasteiger partial charge is 0.160 e. The number of hydrogen-bond acceptors (Lipinski definition) is 3. The first-order valence-electron chi connectivity index (χ1n) is 10.6. The van der Waals surface area contributed by atoms with Crippen LogP contribution in [0.5, 0.6) is 11.5 Å². The number of ether oxygens (including phenoxy) is 3. The number of hydrogen-bond donors (Lipinski definition) is 0. The number of methoxy groups -OCH3 is 2. The summed E-state index contributed by atoms with van der Waals surface area (Å²) in [7, 11) is 3.37. The van der Waals surface area contributed by atoms with Gasteiger partial charge in [-0.2, -0.15) is 0 Å². The Hall–Kier alpha value is -2.00. The van der Waals surface area contributed by atoms with E-state index in [1.54, 1.807) is 14.2 Å². The predicted octanol–water partition coefficient (Wildman–Crippen LogP) is 6.05. The molecule has 0 radical (unpaired) electrons. The molecule has 1 heterocycles. The standard InChI is InChI=1S/C25H32O3/c1-16-11-17(2)28-24(12-16)20-8-9-22(19-6-7-19)21(15-20)13-18-5-10-23(26-3)25(14-18)27-4/h5,8-10,14-17,19,24H,6-7,11-13H2,1-4H3/t16-,17+,24+/m0/s1. The molecule has 2 fully saturated rings. The van der Waals surface area contributed by atoms with Crippen LogP contribution in [-0.4, -0.2) is 20.3 Å². The number of rotatable bonds is 6. The third kappa shape index (κ3) is 4.20. The van der Waals surface area contributed by atoms with Crippen LogP contribution in [0, 0.1) is 5.92 Å². The maximum atomic E-state index is 6.29. The van der Waals surface area contributed by atoms with Gasteiger partial charge in [0.05, 0.1) is 26.4 Å². The van der Waals surface area contributed by atoms with Gasteiger partial charge >= 0.3 is 0 Å². The van der Waals surface area contributed by atoms with Crippen molar-refractivity contribution in [3.8, 4) is 11.5 Å². The quantitative estimate of drug-likeness (QED) is 0.611. The molecule has 2 aromatic carbocycles. The molecular weight excluding hydrogens is 348 g/mol. The van der Waals surface area contributed by atoms with Crippen LogP contribution in [0.1, 0.15) is 73.8 Å². The molecule has 3 nitrogen and oxygen atoms in total. The SMILES string of the molecule is COc1ccc(Cc2cc([C@H]3C[C@@H](C)C[C@@H](C)O3)ccc2C2CC2)cc1OC. The van der Waals surface area contributed by atoms with Gasteiger partial charge in [-0.1, -0.05) is 31.2 Å². The van der Waals surface area contributed by atoms with Crippen LogP contribution in [0.4, 0.5) is 0 Å². The molecule has 0 aromatic heterocycles. The van der Waals surface area contributed by atoms with Crippen LogP contribution < -0.4 is 9.47 Å². The van der Waals surface area contributed by atoms with E-state index in [1.165, 1.54) is 35.1 Å². The molecule has 1 aliphatic carbocycles. The summed E-state index contributed by atoms with van der Waals surface area (Å²) < 4.78 is 17.2. The molecule has 28 heavy (non-hydrogen) atoms. The Morgan fingerprint density at radius 3 is 2.39 bits per heavy atom. The second kappa shape index (κ2) is 8.16. The lowest BCUT2D eigenvalue weighted by atomic mass is 9.88. The van der Waals surface area contributed by atoms with Crippen LogP contribution in [0.3, 0.4) is 0 Å². The minimum Gasteiger partial charge on any atom is -0.493 e. The highest BCUT2D eigenvalue weighted by Crippen LogP contribution is 2.44. The molecule has 3 atom stereocenters. The Morgan fingerprint density at radius 2 is 1.71 bits per heavy atom. The topological polar surface area (TPSA) is 27.7 Å². The second-order valence-corrected chi connectivity index (χ2v) is 8.61. The molecule has 0 unspecified atom stereocenters. The molecular formula is C25H32O3. The summed E-state index contributed by atoms with van der Waals surface area (Å²) in [5.41, 5.74) is 5.53. The van der Waals surface area contributed by atoms with Gasteiger partial charge < -0.3 is 14.2 Å². The predicted molar refractivity (Wildman–Crippen MR) is 112 cm³/mol. The van der Waals surface area contributed by atoms with Gasteiger partial charge in [-0.25, -0.2) is 0 Å². The fraction of sp³-hybridized carbons (Fsp3) is 0.520. The molecule has 2 aliphatic rings. The molecule has 0 N–H and O–H groups in total. The third-order valence-electron chi connectivity index (χ3n) is 6.15. The Kier molecular flexibility index (Phi) is 5.63. The third-order valence-corrected chi connectivity index (χ3v) is 6.15. The summed E-state index contributed by atoms with van der Waals surface area (Å²) in [4.78, 5) is 0. The zero-order valence-corrected chi connectivity index (χ0v) is 17.5. The largest absolute Gasteiger partial charge is 0.493 e. The van der Waals surface area contributed by atoms with E-state index in [-0.39, 0.29) is 6.10 Å². The van der Waals surface area contributed by atoms with Gasteiger partial charge in [-0.15, -0.1) is 0 Å². The zero-order chi connectivity index (χ0) is 19.7. The van der Waals surface area contributed by atoms with Crippen molar-refractivity contribution in [3.63, 3.8) is 0 Å². The molecule has 0 spiro atoms. The average Bonchev–Trinajstić information content (AvgIpc) is 3.52. The van der Waals surface area contributed by atoms with Crippen molar-refractivity contribution in [2.75, 3.05) is 14.2 Å². The van der Waals surface area contributed by atoms with Crippen LogP contribution in [0.2, 0.25) is 0 Å². The van der Waals surface area contributed by atoms with E-state index < -0.39 is 0 Å². The molecule has 1 aliphatic heterocycles. The summed E-state index contributed by atoms with van der Waals surface area (Å²) >= 11 is 0. The Labute approximate surface area is 169 Å². The van der Waals surface area contributed by atoms with Crippen molar-refractivity contribution in [2.45, 2.75) is 64.1 Å². The molecule has 3 heteroatoms. The van der Waals surface area contributed by atoms with Crippen molar-refractivity contribution in [3.05, 3.63) is 58.7 Å². The van der Waals surface area contributed by atoms with E-state index in [1.807, 2.05) is 6.07 Å². The fourth-order valence-corrected chi connectivity index (χ4v) is 4.62. The second-order valence-electron chi connectivity index (χ2n) is 8.61. The highest BCUT2D eigenvalue weighted by Gasteiger charge is 2.29. The zero-order valence-electron chi connectivity index (χ0n) is 17.5. The first kappa shape index (κ1) is 19.3. The number of benzene rings is 2. The summed E-state index contributed by atoms with van der Waals surface area (Å²) in [6.45, 7) is 4.54. The Balaban J connectivity index is 1.63. The lowest BCUT2D eigenvalue weighted by molar-refractivity contribution is -0.0604. The van der Waals surface area contributed by atoms with Gasteiger partial charge in [0.15, 0.2) is 11.5 Å². The fourth-order valence-electron chi connectivity index (χ4n) is 4.62. The molecule has 1 saturated carbocycles. The van der Waals surface area contributed by atoms with E-state index in [0.717, 1.165) is 36.7 Å². The monoisotopic (exact) mass is 380 g/mol. The van der Waals surface area contributed by atoms with Crippen molar-refractivity contribution >= 4 is 0 Å². The minimum absolute atomic E-state index is 0.219. The van der Waals surface area contributed by atoms with E-state index in [2.05, 4.69) is 44.2 Å². The molecule has 4 rings (SSSR count). The average molecular weight is 381 g/mol. The maximum absolute atomic E-state index is 6.29. The van der Waals surface area contributed by atoms with Crippen LogP contribution in [0.15, 0.2) is 36.4 Å². The van der Waals surface area contributed by atoms with Gasteiger partial charge in [-0.05, 0) is 85.3 Å². The van der Waals surface area contributed by atoms with Crippen molar-refractivity contribution in [1.29, 1.82) is 0 Å². The van der Waals surface area contributed by atoms with Crippen LogP contribution >= 0.6 is 0 Å². The van der Waals surface area contributed by atoms with Gasteiger partial charge in [0, 0.05) is 0 Å². The summed E-state index contributed by atoms with van der Waals surface area (Å²) in [5, 5.41) is 0. The molecule has 0 bridgehead atoms. The lowest BCUT2D eigenvalue weighted by Gasteiger charge is -2.33. The highest BCUT2D eigenvalue weighted by molar-refractivity contribution is 5.46. The maximum Gasteiger partial charge on any atom is 0.160 e. The Bertz CT molecular complexity index is 815. The van der Waals surface area contributed by atoms with E-state index in [9.17, 15) is 0 Å². The van der Waals surface area contributed by atoms with Crippen molar-refractivity contribution in [2.24, 2.45) is 5.92 Å². The van der Waals surface area contributed by atoms with Gasteiger partial charge in [-0.3, -0.25) is 0 Å². The van der Waals surface area contributed by atoms with Crippen LogP contribution in [0.25, 0.3) is 0 Å². The van der Waals surface area contributed by atoms with Gasteiger partial charge in [0.25, 0.3) is 0 Å². The molecule has 1 saturated heterocycles. The van der Waals surface area contributed by atoms with E-state index >= 15 is 0 Å². The summed E-state index contributed by atoms with van der Waals surface area (Å²) in [5.74, 6) is 3.02. The highest BCUT2D eigenvalue weighted by atomic mass is 16.5. The molecule has 2 aromatic rings. The first-order chi connectivity index (χ1) is 13.6. The molecule has 0 amide bonds. The van der Waals surface area contributed by atoms with E-state index in [0.29, 0.717) is 12.0 Å². The Morgan fingerprint density at radius 1 is 0.929 bits per heavy atom. The van der Waals surface area contributed by atoms with Gasteiger partial charge in [0.2, 0.25) is 0 Å². The molecule has 150 valence electrons. The van der Waals surface area contributed by atoms with Crippen molar-refractivity contribution in [1.82, 2.24) is 0 Å². The summed E-state index contributed by atoms with van der Waals surface area (Å²) in [6, 6.07) is 13.3. The van der Waals surface area contributed by atoms with Crippen LogP contribution in [-0.2, 0) is 11.2 Å².